The quantitative estimate of drug-likeness (QED) is 0.509. The third-order valence-corrected chi connectivity index (χ3v) is 7.43. The fourth-order valence-corrected chi connectivity index (χ4v) is 5.38. The van der Waals surface area contributed by atoms with Crippen LogP contribution < -0.4 is 10.1 Å². The van der Waals surface area contributed by atoms with Crippen LogP contribution in [-0.2, 0) is 17.9 Å². The van der Waals surface area contributed by atoms with Gasteiger partial charge < -0.3 is 23.9 Å². The molecule has 3 heterocycles. The molecule has 5 rings (SSSR count). The zero-order valence-electron chi connectivity index (χ0n) is 20.5. The number of fused-ring (bicyclic) bond motifs is 1. The van der Waals surface area contributed by atoms with Crippen LogP contribution in [-0.4, -0.2) is 40.0 Å². The van der Waals surface area contributed by atoms with E-state index < -0.39 is 5.54 Å². The summed E-state index contributed by atoms with van der Waals surface area (Å²) in [5, 5.41) is 3.31. The second-order valence-corrected chi connectivity index (χ2v) is 9.85. The van der Waals surface area contributed by atoms with E-state index in [0.717, 1.165) is 42.7 Å². The van der Waals surface area contributed by atoms with Crippen molar-refractivity contribution < 1.29 is 18.7 Å². The summed E-state index contributed by atoms with van der Waals surface area (Å²) in [5.74, 6) is 1.12. The van der Waals surface area contributed by atoms with Crippen LogP contribution in [0.25, 0.3) is 11.5 Å². The molecule has 1 N–H and O–H groups in total. The summed E-state index contributed by atoms with van der Waals surface area (Å²) in [6.45, 7) is 2.54. The Bertz CT molecular complexity index is 1190. The molecule has 1 atom stereocenters. The van der Waals surface area contributed by atoms with Crippen molar-refractivity contribution >= 4 is 11.8 Å². The van der Waals surface area contributed by atoms with Gasteiger partial charge in [-0.05, 0) is 61.7 Å². The smallest absolute Gasteiger partial charge is 0.271 e. The minimum atomic E-state index is -1.07. The number of hydrogen-bond donors (Lipinski definition) is 1. The largest absolute Gasteiger partial charge is 0.497 e. The highest BCUT2D eigenvalue weighted by molar-refractivity contribution is 6.00. The minimum Gasteiger partial charge on any atom is -0.497 e. The Morgan fingerprint density at radius 2 is 1.86 bits per heavy atom. The average Bonchev–Trinajstić information content (AvgIpc) is 3.47. The number of furan rings is 1. The molecule has 1 fully saturated rings. The Labute approximate surface area is 206 Å². The van der Waals surface area contributed by atoms with Crippen LogP contribution in [0.2, 0.25) is 0 Å². The molecule has 0 unspecified atom stereocenters. The third kappa shape index (κ3) is 4.47. The van der Waals surface area contributed by atoms with E-state index >= 15 is 0 Å². The molecule has 1 saturated carbocycles. The molecule has 0 radical (unpaired) electrons. The lowest BCUT2D eigenvalue weighted by Gasteiger charge is -2.45. The van der Waals surface area contributed by atoms with Gasteiger partial charge in [0, 0.05) is 12.6 Å². The van der Waals surface area contributed by atoms with E-state index in [1.54, 1.807) is 18.3 Å². The molecule has 2 amide bonds. The molecular formula is C28H33N3O4. The number of methoxy groups -OCH3 is 1. The van der Waals surface area contributed by atoms with Gasteiger partial charge in [0.05, 0.1) is 25.6 Å². The Morgan fingerprint density at radius 3 is 2.57 bits per heavy atom. The van der Waals surface area contributed by atoms with Crippen LogP contribution in [0.5, 0.6) is 5.75 Å². The van der Waals surface area contributed by atoms with Crippen LogP contribution in [0.4, 0.5) is 0 Å². The Morgan fingerprint density at radius 1 is 1.09 bits per heavy atom. The topological polar surface area (TPSA) is 76.7 Å². The molecule has 184 valence electrons. The van der Waals surface area contributed by atoms with Crippen LogP contribution >= 0.6 is 0 Å². The van der Waals surface area contributed by atoms with Gasteiger partial charge in [0.2, 0.25) is 5.91 Å². The standard InChI is InChI=1S/C28H33N3O4/c1-28(27(33)29-21-10-5-3-4-6-11-21)19-30-23(25-13-8-16-35-25)14-15-24(30)26(32)31(28)18-20-9-7-12-22(17-20)34-2/h7-9,12-17,21H,3-6,10-11,18-19H2,1-2H3,(H,29,33)/t28-/m0/s1. The lowest BCUT2D eigenvalue weighted by Crippen LogP contribution is -2.64. The van der Waals surface area contributed by atoms with Gasteiger partial charge in [-0.1, -0.05) is 37.8 Å². The van der Waals surface area contributed by atoms with Crippen LogP contribution in [0.15, 0.2) is 59.2 Å². The van der Waals surface area contributed by atoms with Gasteiger partial charge in [0.15, 0.2) is 0 Å². The van der Waals surface area contributed by atoms with Gasteiger partial charge in [-0.15, -0.1) is 0 Å². The maximum absolute atomic E-state index is 13.9. The number of hydrogen-bond acceptors (Lipinski definition) is 4. The van der Waals surface area contributed by atoms with Crippen molar-refractivity contribution in [2.45, 2.75) is 70.1 Å². The predicted octanol–water partition coefficient (Wildman–Crippen LogP) is 5.01. The number of aromatic nitrogens is 1. The zero-order valence-corrected chi connectivity index (χ0v) is 20.5. The van der Waals surface area contributed by atoms with E-state index in [2.05, 4.69) is 5.32 Å². The molecule has 2 aromatic heterocycles. The zero-order chi connectivity index (χ0) is 24.4. The highest BCUT2D eigenvalue weighted by Crippen LogP contribution is 2.35. The van der Waals surface area contributed by atoms with Gasteiger partial charge in [0.25, 0.3) is 5.91 Å². The summed E-state index contributed by atoms with van der Waals surface area (Å²) < 4.78 is 12.9. The lowest BCUT2D eigenvalue weighted by molar-refractivity contribution is -0.134. The van der Waals surface area contributed by atoms with E-state index in [1.807, 2.05) is 60.0 Å². The molecule has 7 heteroatoms. The molecule has 1 aliphatic carbocycles. The maximum Gasteiger partial charge on any atom is 0.271 e. The van der Waals surface area contributed by atoms with Crippen molar-refractivity contribution in [1.82, 2.24) is 14.8 Å². The fraction of sp³-hybridized carbons (Fsp3) is 0.429. The Hall–Kier alpha value is -3.48. The second-order valence-electron chi connectivity index (χ2n) is 9.85. The first-order valence-corrected chi connectivity index (χ1v) is 12.5. The summed E-state index contributed by atoms with van der Waals surface area (Å²) in [5.41, 5.74) is 1.20. The maximum atomic E-state index is 13.9. The molecule has 2 aliphatic rings. The number of carbonyl (C=O) groups excluding carboxylic acids is 2. The molecule has 0 saturated heterocycles. The summed E-state index contributed by atoms with van der Waals surface area (Å²) in [6.07, 6.45) is 8.26. The molecule has 7 nitrogen and oxygen atoms in total. The van der Waals surface area contributed by atoms with Gasteiger partial charge in [-0.2, -0.15) is 0 Å². The first-order chi connectivity index (χ1) is 17.0. The molecule has 1 aromatic carbocycles. The Balaban J connectivity index is 1.52. The second kappa shape index (κ2) is 9.64. The van der Waals surface area contributed by atoms with Crippen molar-refractivity contribution in [3.05, 3.63) is 66.1 Å². The number of rotatable bonds is 6. The minimum absolute atomic E-state index is 0.106. The lowest BCUT2D eigenvalue weighted by atomic mass is 9.92. The number of carbonyl (C=O) groups is 2. The van der Waals surface area contributed by atoms with Gasteiger partial charge in [-0.3, -0.25) is 9.59 Å². The first kappa shape index (κ1) is 23.3. The normalized spacial score (nSPS) is 20.9. The fourth-order valence-electron chi connectivity index (χ4n) is 5.38. The highest BCUT2D eigenvalue weighted by atomic mass is 16.5. The van der Waals surface area contributed by atoms with Crippen molar-refractivity contribution in [2.75, 3.05) is 7.11 Å². The number of nitrogens with one attached hydrogen (secondary N) is 1. The summed E-state index contributed by atoms with van der Waals surface area (Å²) >= 11 is 0. The third-order valence-electron chi connectivity index (χ3n) is 7.43. The van der Waals surface area contributed by atoms with Crippen molar-refractivity contribution in [3.63, 3.8) is 0 Å². The molecule has 1 aliphatic heterocycles. The van der Waals surface area contributed by atoms with E-state index in [9.17, 15) is 9.59 Å². The van der Waals surface area contributed by atoms with Gasteiger partial charge in [-0.25, -0.2) is 0 Å². The summed E-state index contributed by atoms with van der Waals surface area (Å²) in [7, 11) is 1.62. The predicted molar refractivity (Wildman–Crippen MR) is 133 cm³/mol. The van der Waals surface area contributed by atoms with E-state index in [0.29, 0.717) is 24.5 Å². The molecule has 0 spiro atoms. The van der Waals surface area contributed by atoms with Crippen LogP contribution in [0.3, 0.4) is 0 Å². The highest BCUT2D eigenvalue weighted by Gasteiger charge is 2.48. The van der Waals surface area contributed by atoms with E-state index in [1.165, 1.54) is 12.8 Å². The number of nitrogens with zero attached hydrogens (tertiary/aromatic N) is 2. The van der Waals surface area contributed by atoms with Gasteiger partial charge >= 0.3 is 0 Å². The number of benzene rings is 1. The van der Waals surface area contributed by atoms with Crippen molar-refractivity contribution in [1.29, 1.82) is 0 Å². The van der Waals surface area contributed by atoms with Gasteiger partial charge in [0.1, 0.15) is 22.7 Å². The number of ether oxygens (including phenoxy) is 1. The van der Waals surface area contributed by atoms with Crippen molar-refractivity contribution in [2.24, 2.45) is 0 Å². The molecule has 3 aromatic rings. The van der Waals surface area contributed by atoms with Crippen LogP contribution in [0, 0.1) is 0 Å². The Kier molecular flexibility index (Phi) is 6.41. The summed E-state index contributed by atoms with van der Waals surface area (Å²) in [4.78, 5) is 29.5. The molecule has 35 heavy (non-hydrogen) atoms. The van der Waals surface area contributed by atoms with E-state index in [4.69, 9.17) is 9.15 Å². The van der Waals surface area contributed by atoms with Crippen molar-refractivity contribution in [3.8, 4) is 17.2 Å². The monoisotopic (exact) mass is 475 g/mol. The SMILES string of the molecule is COc1cccc(CN2C(=O)c3ccc(-c4ccco4)n3C[C@@]2(C)C(=O)NC2CCCCCC2)c1. The summed E-state index contributed by atoms with van der Waals surface area (Å²) in [6, 6.07) is 15.2. The number of amides is 2. The molecular weight excluding hydrogens is 442 g/mol. The first-order valence-electron chi connectivity index (χ1n) is 12.5. The molecule has 0 bridgehead atoms. The van der Waals surface area contributed by atoms with E-state index in [-0.39, 0.29) is 17.9 Å². The average molecular weight is 476 g/mol. The van der Waals surface area contributed by atoms with Crippen LogP contribution in [0.1, 0.15) is 61.5 Å².